The summed E-state index contributed by atoms with van der Waals surface area (Å²) in [7, 11) is -1.59. The van der Waals surface area contributed by atoms with E-state index in [0.717, 1.165) is 0 Å². The molecular formula is C20H25NO7S. The smallest absolute Gasteiger partial charge is 0.161 e. The molecule has 29 heavy (non-hydrogen) atoms. The van der Waals surface area contributed by atoms with Crippen molar-refractivity contribution >= 4 is 16.1 Å². The Balaban J connectivity index is 1.63. The molecule has 3 rings (SSSR count). The molecule has 0 amide bonds. The summed E-state index contributed by atoms with van der Waals surface area (Å²) < 4.78 is 40.1. The van der Waals surface area contributed by atoms with Crippen LogP contribution in [0.15, 0.2) is 41.0 Å². The van der Waals surface area contributed by atoms with E-state index >= 15 is 0 Å². The first-order chi connectivity index (χ1) is 13.9. The number of furan rings is 1. The highest BCUT2D eigenvalue weighted by Gasteiger charge is 2.33. The number of nitrogens with zero attached hydrogens (tertiary/aromatic N) is 1. The topological polar surface area (TPSA) is 106 Å². The van der Waals surface area contributed by atoms with E-state index in [1.165, 1.54) is 7.11 Å². The molecule has 8 nitrogen and oxygen atoms in total. The highest BCUT2D eigenvalue weighted by atomic mass is 32.2. The van der Waals surface area contributed by atoms with Gasteiger partial charge in [-0.3, -0.25) is 9.69 Å². The van der Waals surface area contributed by atoms with E-state index < -0.39 is 15.9 Å². The van der Waals surface area contributed by atoms with Crippen molar-refractivity contribution in [2.24, 2.45) is 0 Å². The molecule has 1 fully saturated rings. The minimum Gasteiger partial charge on any atom is -0.493 e. The van der Waals surface area contributed by atoms with Gasteiger partial charge >= 0.3 is 0 Å². The fourth-order valence-corrected chi connectivity index (χ4v) is 5.16. The van der Waals surface area contributed by atoms with Gasteiger partial charge in [0, 0.05) is 18.2 Å². The second-order valence-corrected chi connectivity index (χ2v) is 9.29. The Hall–Kier alpha value is -2.36. The van der Waals surface area contributed by atoms with Gasteiger partial charge in [-0.25, -0.2) is 8.42 Å². The van der Waals surface area contributed by atoms with E-state index in [2.05, 4.69) is 0 Å². The van der Waals surface area contributed by atoms with Crippen molar-refractivity contribution < 1.29 is 32.2 Å². The second kappa shape index (κ2) is 9.43. The molecule has 0 radical (unpaired) electrons. The lowest BCUT2D eigenvalue weighted by molar-refractivity contribution is 0.0490. The Morgan fingerprint density at radius 1 is 1.34 bits per heavy atom. The van der Waals surface area contributed by atoms with Crippen molar-refractivity contribution in [2.45, 2.75) is 25.1 Å². The highest BCUT2D eigenvalue weighted by molar-refractivity contribution is 7.91. The Morgan fingerprint density at radius 3 is 2.79 bits per heavy atom. The van der Waals surface area contributed by atoms with Gasteiger partial charge in [0.2, 0.25) is 0 Å². The molecule has 1 aromatic carbocycles. The van der Waals surface area contributed by atoms with Crippen molar-refractivity contribution in [3.8, 4) is 11.5 Å². The molecule has 2 heterocycles. The van der Waals surface area contributed by atoms with Gasteiger partial charge in [-0.1, -0.05) is 0 Å². The molecule has 2 aromatic rings. The number of hydrogen-bond acceptors (Lipinski definition) is 8. The van der Waals surface area contributed by atoms with Gasteiger partial charge in [0.15, 0.2) is 21.3 Å². The van der Waals surface area contributed by atoms with Crippen LogP contribution in [0, 0.1) is 0 Å². The van der Waals surface area contributed by atoms with E-state index in [1.54, 1.807) is 30.5 Å². The monoisotopic (exact) mass is 423 g/mol. The van der Waals surface area contributed by atoms with Crippen LogP contribution < -0.4 is 9.47 Å². The maximum absolute atomic E-state index is 11.9. The van der Waals surface area contributed by atoms with Crippen molar-refractivity contribution in [3.05, 3.63) is 47.9 Å². The number of ether oxygens (including phenoxy) is 2. The summed E-state index contributed by atoms with van der Waals surface area (Å²) in [6, 6.07) is 8.18. The Morgan fingerprint density at radius 2 is 2.17 bits per heavy atom. The molecule has 1 N–H and O–H groups in total. The summed E-state index contributed by atoms with van der Waals surface area (Å²) >= 11 is 0. The number of benzene rings is 1. The SMILES string of the molecule is COc1cc(C=O)ccc1OCC(O)CN(Cc1ccco1)C1CCS(=O)(=O)C1. The number of hydrogen-bond donors (Lipinski definition) is 1. The quantitative estimate of drug-likeness (QED) is 0.574. The lowest BCUT2D eigenvalue weighted by atomic mass is 10.2. The van der Waals surface area contributed by atoms with Gasteiger partial charge in [0.1, 0.15) is 24.8 Å². The summed E-state index contributed by atoms with van der Waals surface area (Å²) in [5.41, 5.74) is 0.460. The number of aliphatic hydroxyl groups excluding tert-OH is 1. The average molecular weight is 423 g/mol. The molecule has 0 bridgehead atoms. The minimum atomic E-state index is -3.06. The second-order valence-electron chi connectivity index (χ2n) is 7.06. The van der Waals surface area contributed by atoms with Crippen LogP contribution in [0.2, 0.25) is 0 Å². The normalized spacial score (nSPS) is 19.2. The standard InChI is InChI=1S/C20H25NO7S/c1-26-20-9-15(12-22)4-5-19(20)28-13-17(23)10-21(11-18-3-2-7-27-18)16-6-8-29(24,25)14-16/h2-5,7,9,12,16-17,23H,6,8,10-11,13-14H2,1H3. The van der Waals surface area contributed by atoms with Gasteiger partial charge in [-0.05, 0) is 36.8 Å². The van der Waals surface area contributed by atoms with Crippen LogP contribution in [-0.4, -0.2) is 68.6 Å². The Kier molecular flexibility index (Phi) is 6.94. The van der Waals surface area contributed by atoms with E-state index in [9.17, 15) is 18.3 Å². The Labute approximate surface area is 169 Å². The first-order valence-corrected chi connectivity index (χ1v) is 11.1. The fraction of sp³-hybridized carbons (Fsp3) is 0.450. The van der Waals surface area contributed by atoms with Crippen LogP contribution in [0.4, 0.5) is 0 Å². The zero-order valence-corrected chi connectivity index (χ0v) is 17.0. The molecule has 0 spiro atoms. The van der Waals surface area contributed by atoms with Crippen molar-refractivity contribution in [1.29, 1.82) is 0 Å². The third kappa shape index (κ3) is 5.81. The molecule has 2 atom stereocenters. The Bertz CT molecular complexity index is 911. The number of aldehydes is 1. The molecule has 1 saturated heterocycles. The molecule has 0 aliphatic carbocycles. The minimum absolute atomic E-state index is 0.00901. The third-order valence-electron chi connectivity index (χ3n) is 4.86. The number of aliphatic hydroxyl groups is 1. The zero-order valence-electron chi connectivity index (χ0n) is 16.2. The van der Waals surface area contributed by atoms with Crippen LogP contribution >= 0.6 is 0 Å². The van der Waals surface area contributed by atoms with Crippen LogP contribution in [0.1, 0.15) is 22.5 Å². The summed E-state index contributed by atoms with van der Waals surface area (Å²) in [5.74, 6) is 1.74. The number of carbonyl (C=O) groups is 1. The third-order valence-corrected chi connectivity index (χ3v) is 6.61. The van der Waals surface area contributed by atoms with Gasteiger partial charge < -0.3 is 19.0 Å². The zero-order chi connectivity index (χ0) is 20.9. The van der Waals surface area contributed by atoms with E-state index in [1.807, 2.05) is 11.0 Å². The van der Waals surface area contributed by atoms with Gasteiger partial charge in [0.25, 0.3) is 0 Å². The van der Waals surface area contributed by atoms with E-state index in [4.69, 9.17) is 13.9 Å². The maximum atomic E-state index is 11.9. The molecule has 158 valence electrons. The molecule has 1 aromatic heterocycles. The largest absolute Gasteiger partial charge is 0.493 e. The number of methoxy groups -OCH3 is 1. The molecule has 1 aliphatic heterocycles. The van der Waals surface area contributed by atoms with E-state index in [-0.39, 0.29) is 30.7 Å². The van der Waals surface area contributed by atoms with Crippen molar-refractivity contribution in [2.75, 3.05) is 31.8 Å². The van der Waals surface area contributed by atoms with Crippen molar-refractivity contribution in [1.82, 2.24) is 4.90 Å². The van der Waals surface area contributed by atoms with Crippen LogP contribution in [-0.2, 0) is 16.4 Å². The van der Waals surface area contributed by atoms with Crippen LogP contribution in [0.3, 0.4) is 0 Å². The molecule has 1 aliphatic rings. The summed E-state index contributed by atoms with van der Waals surface area (Å²) in [5, 5.41) is 10.5. The van der Waals surface area contributed by atoms with Gasteiger partial charge in [-0.15, -0.1) is 0 Å². The molecular weight excluding hydrogens is 398 g/mol. The lowest BCUT2D eigenvalue weighted by Crippen LogP contribution is -2.42. The van der Waals surface area contributed by atoms with Crippen molar-refractivity contribution in [3.63, 3.8) is 0 Å². The molecule has 9 heteroatoms. The first kappa shape index (κ1) is 21.4. The number of sulfone groups is 1. The van der Waals surface area contributed by atoms with E-state index in [0.29, 0.717) is 42.1 Å². The average Bonchev–Trinajstić information content (AvgIpc) is 3.34. The highest BCUT2D eigenvalue weighted by Crippen LogP contribution is 2.28. The summed E-state index contributed by atoms with van der Waals surface area (Å²) in [6.45, 7) is 0.627. The lowest BCUT2D eigenvalue weighted by Gasteiger charge is -2.29. The fourth-order valence-electron chi connectivity index (χ4n) is 3.39. The predicted molar refractivity (Wildman–Crippen MR) is 106 cm³/mol. The number of carbonyl (C=O) groups excluding carboxylic acids is 1. The van der Waals surface area contributed by atoms with Crippen LogP contribution in [0.5, 0.6) is 11.5 Å². The van der Waals surface area contributed by atoms with Crippen LogP contribution in [0.25, 0.3) is 0 Å². The van der Waals surface area contributed by atoms with Gasteiger partial charge in [-0.2, -0.15) is 0 Å². The molecule has 0 saturated carbocycles. The molecule has 2 unspecified atom stereocenters. The number of rotatable bonds is 10. The predicted octanol–water partition coefficient (Wildman–Crippen LogP) is 1.53. The maximum Gasteiger partial charge on any atom is 0.161 e. The summed E-state index contributed by atoms with van der Waals surface area (Å²) in [4.78, 5) is 12.8. The first-order valence-electron chi connectivity index (χ1n) is 9.31. The van der Waals surface area contributed by atoms with Gasteiger partial charge in [0.05, 0.1) is 31.4 Å². The summed E-state index contributed by atoms with van der Waals surface area (Å²) in [6.07, 6.45) is 1.94.